The van der Waals surface area contributed by atoms with E-state index < -0.39 is 16.9 Å². The van der Waals surface area contributed by atoms with Crippen LogP contribution in [0.3, 0.4) is 0 Å². The molecule has 0 radical (unpaired) electrons. The van der Waals surface area contributed by atoms with Crippen LogP contribution >= 0.6 is 11.6 Å². The van der Waals surface area contributed by atoms with Gasteiger partial charge in [-0.3, -0.25) is 20.2 Å². The van der Waals surface area contributed by atoms with E-state index in [4.69, 9.17) is 11.6 Å². The number of nitrogens with one attached hydrogen (secondary N) is 2. The normalized spacial score (nSPS) is 14.5. The van der Waals surface area contributed by atoms with Crippen LogP contribution in [0.1, 0.15) is 27.5 Å². The number of halogens is 2. The second kappa shape index (κ2) is 8.99. The average Bonchev–Trinajstić information content (AvgIpc) is 3.27. The van der Waals surface area contributed by atoms with Gasteiger partial charge < -0.3 is 5.32 Å². The van der Waals surface area contributed by atoms with Crippen LogP contribution in [0.25, 0.3) is 5.70 Å². The first kappa shape index (κ1) is 22.2. The lowest BCUT2D eigenvalue weighted by Crippen LogP contribution is -2.20. The van der Waals surface area contributed by atoms with Crippen LogP contribution in [0.4, 0.5) is 22.0 Å². The average molecular weight is 491 g/mol. The molecule has 1 aromatic heterocycles. The summed E-state index contributed by atoms with van der Waals surface area (Å²) in [5.74, 6) is -0.614. The summed E-state index contributed by atoms with van der Waals surface area (Å²) in [6.45, 7) is 0. The third-order valence-electron chi connectivity index (χ3n) is 5.38. The number of rotatable bonds is 5. The third-order valence-corrected chi connectivity index (χ3v) is 5.63. The molecule has 1 amide bonds. The van der Waals surface area contributed by atoms with Gasteiger partial charge in [0.25, 0.3) is 17.5 Å². The SMILES string of the molecule is O=C(Nc1nc2n(n1)[C@@H](c1ccc(F)cc1)C=C(c1ccc(Cl)cc1)N2)c1cccc([N+](=O)[O-])c1. The van der Waals surface area contributed by atoms with Gasteiger partial charge in [-0.1, -0.05) is 41.9 Å². The first-order valence-electron chi connectivity index (χ1n) is 10.4. The molecule has 0 fully saturated rings. The van der Waals surface area contributed by atoms with Crippen LogP contribution in [0.5, 0.6) is 0 Å². The Bertz CT molecular complexity index is 1470. The molecule has 0 bridgehead atoms. The highest BCUT2D eigenvalue weighted by Crippen LogP contribution is 2.33. The summed E-state index contributed by atoms with van der Waals surface area (Å²) in [5, 5.41) is 21.8. The number of carbonyl (C=O) groups is 1. The number of nitro groups is 1. The first-order chi connectivity index (χ1) is 16.9. The van der Waals surface area contributed by atoms with E-state index in [1.807, 2.05) is 18.2 Å². The second-order valence-corrected chi connectivity index (χ2v) is 8.11. The van der Waals surface area contributed by atoms with Gasteiger partial charge in [0.15, 0.2) is 0 Å². The van der Waals surface area contributed by atoms with E-state index in [-0.39, 0.29) is 23.0 Å². The summed E-state index contributed by atoms with van der Waals surface area (Å²) in [6.07, 6.45) is 1.91. The van der Waals surface area contributed by atoms with Crippen LogP contribution in [0.15, 0.2) is 78.9 Å². The highest BCUT2D eigenvalue weighted by molar-refractivity contribution is 6.30. The van der Waals surface area contributed by atoms with E-state index in [9.17, 15) is 19.3 Å². The molecule has 174 valence electrons. The Balaban J connectivity index is 1.49. The number of fused-ring (bicyclic) bond motifs is 1. The van der Waals surface area contributed by atoms with Crippen molar-refractivity contribution in [2.24, 2.45) is 0 Å². The Kier molecular flexibility index (Phi) is 5.71. The van der Waals surface area contributed by atoms with Crippen LogP contribution < -0.4 is 10.6 Å². The van der Waals surface area contributed by atoms with Crippen LogP contribution in [0.2, 0.25) is 5.02 Å². The topological polar surface area (TPSA) is 115 Å². The van der Waals surface area contributed by atoms with E-state index in [1.165, 1.54) is 36.4 Å². The summed E-state index contributed by atoms with van der Waals surface area (Å²) < 4.78 is 15.1. The molecular weight excluding hydrogens is 475 g/mol. The number of amides is 1. The summed E-state index contributed by atoms with van der Waals surface area (Å²) in [5.41, 5.74) is 2.21. The zero-order valence-corrected chi connectivity index (χ0v) is 18.6. The monoisotopic (exact) mass is 490 g/mol. The fourth-order valence-corrected chi connectivity index (χ4v) is 3.80. The Morgan fingerprint density at radius 2 is 1.86 bits per heavy atom. The molecule has 2 heterocycles. The highest BCUT2D eigenvalue weighted by atomic mass is 35.5. The predicted octanol–water partition coefficient (Wildman–Crippen LogP) is 5.29. The quantitative estimate of drug-likeness (QED) is 0.290. The van der Waals surface area contributed by atoms with Crippen LogP contribution in [-0.4, -0.2) is 25.6 Å². The fourth-order valence-electron chi connectivity index (χ4n) is 3.68. The van der Waals surface area contributed by atoms with Crippen molar-refractivity contribution in [1.82, 2.24) is 14.8 Å². The smallest absolute Gasteiger partial charge is 0.270 e. The van der Waals surface area contributed by atoms with Crippen molar-refractivity contribution >= 4 is 40.8 Å². The molecule has 0 spiro atoms. The van der Waals surface area contributed by atoms with E-state index in [2.05, 4.69) is 20.7 Å². The van der Waals surface area contributed by atoms with Crippen molar-refractivity contribution in [2.75, 3.05) is 10.6 Å². The summed E-state index contributed by atoms with van der Waals surface area (Å²) in [6, 6.07) is 18.1. The molecule has 3 aromatic carbocycles. The molecule has 0 unspecified atom stereocenters. The highest BCUT2D eigenvalue weighted by Gasteiger charge is 2.26. The molecule has 0 saturated carbocycles. The molecule has 9 nitrogen and oxygen atoms in total. The van der Waals surface area contributed by atoms with Crippen molar-refractivity contribution in [3.05, 3.63) is 117 Å². The fraction of sp³-hybridized carbons (Fsp3) is 0.0417. The van der Waals surface area contributed by atoms with Crippen LogP contribution in [0, 0.1) is 15.9 Å². The lowest BCUT2D eigenvalue weighted by atomic mass is 10.0. The number of nitro benzene ring substituents is 1. The molecule has 2 N–H and O–H groups in total. The van der Waals surface area contributed by atoms with E-state index in [0.29, 0.717) is 11.0 Å². The summed E-state index contributed by atoms with van der Waals surface area (Å²) >= 11 is 6.02. The van der Waals surface area contributed by atoms with Crippen molar-refractivity contribution in [3.8, 4) is 0 Å². The molecule has 4 aromatic rings. The van der Waals surface area contributed by atoms with Gasteiger partial charge in [0.2, 0.25) is 5.95 Å². The molecule has 35 heavy (non-hydrogen) atoms. The minimum atomic E-state index is -0.596. The molecule has 0 aliphatic carbocycles. The number of non-ortho nitro benzene ring substituents is 1. The Morgan fingerprint density at radius 1 is 1.11 bits per heavy atom. The number of benzene rings is 3. The van der Waals surface area contributed by atoms with Gasteiger partial charge in [-0.05, 0) is 47.5 Å². The van der Waals surface area contributed by atoms with Gasteiger partial charge in [0.05, 0.1) is 4.92 Å². The largest absolute Gasteiger partial charge is 0.324 e. The molecule has 1 atom stereocenters. The minimum Gasteiger partial charge on any atom is -0.324 e. The lowest BCUT2D eigenvalue weighted by molar-refractivity contribution is -0.384. The van der Waals surface area contributed by atoms with Crippen molar-refractivity contribution in [2.45, 2.75) is 6.04 Å². The zero-order chi connectivity index (χ0) is 24.5. The number of anilines is 2. The standard InChI is InChI=1S/C24H16ClFN6O3/c25-17-8-4-14(5-9-17)20-13-21(15-6-10-18(26)11-7-15)31-24(27-20)29-23(30-31)28-22(33)16-2-1-3-19(12-16)32(34)35/h1-13,21H,(H2,27,28,29,30,33)/t21-/m1/s1. The summed E-state index contributed by atoms with van der Waals surface area (Å²) in [7, 11) is 0. The van der Waals surface area contributed by atoms with Crippen LogP contribution in [-0.2, 0) is 0 Å². The maximum absolute atomic E-state index is 13.6. The number of hydrogen-bond acceptors (Lipinski definition) is 6. The van der Waals surface area contributed by atoms with Gasteiger partial charge >= 0.3 is 0 Å². The van der Waals surface area contributed by atoms with Gasteiger partial charge in [0, 0.05) is 28.4 Å². The molecular formula is C24H16ClFN6O3. The van der Waals surface area contributed by atoms with Crippen molar-refractivity contribution in [1.29, 1.82) is 0 Å². The second-order valence-electron chi connectivity index (χ2n) is 7.67. The first-order valence-corrected chi connectivity index (χ1v) is 10.8. The Morgan fingerprint density at radius 3 is 2.57 bits per heavy atom. The number of allylic oxidation sites excluding steroid dienone is 1. The number of aromatic nitrogens is 3. The maximum atomic E-state index is 13.6. The Hall–Kier alpha value is -4.57. The summed E-state index contributed by atoms with van der Waals surface area (Å²) in [4.78, 5) is 27.5. The number of hydrogen-bond donors (Lipinski definition) is 2. The molecule has 0 saturated heterocycles. The molecule has 11 heteroatoms. The van der Waals surface area contributed by atoms with Gasteiger partial charge in [-0.15, -0.1) is 5.10 Å². The maximum Gasteiger partial charge on any atom is 0.270 e. The van der Waals surface area contributed by atoms with Gasteiger partial charge in [-0.2, -0.15) is 4.98 Å². The zero-order valence-electron chi connectivity index (χ0n) is 17.9. The molecule has 1 aliphatic heterocycles. The van der Waals surface area contributed by atoms with Gasteiger partial charge in [-0.25, -0.2) is 9.07 Å². The molecule has 5 rings (SSSR count). The minimum absolute atomic E-state index is 0.00174. The van der Waals surface area contributed by atoms with Crippen molar-refractivity contribution < 1.29 is 14.1 Å². The van der Waals surface area contributed by atoms with Crippen molar-refractivity contribution in [3.63, 3.8) is 0 Å². The Labute approximate surface area is 203 Å². The number of carbonyl (C=O) groups excluding carboxylic acids is 1. The predicted molar refractivity (Wildman–Crippen MR) is 129 cm³/mol. The van der Waals surface area contributed by atoms with E-state index in [1.54, 1.807) is 28.9 Å². The third kappa shape index (κ3) is 4.59. The van der Waals surface area contributed by atoms with E-state index >= 15 is 0 Å². The van der Waals surface area contributed by atoms with E-state index in [0.717, 1.165) is 16.8 Å². The van der Waals surface area contributed by atoms with Gasteiger partial charge in [0.1, 0.15) is 11.9 Å². The molecule has 1 aliphatic rings. The number of nitrogens with zero attached hydrogens (tertiary/aromatic N) is 4. The lowest BCUT2D eigenvalue weighted by Gasteiger charge is -2.24.